The predicted octanol–water partition coefficient (Wildman–Crippen LogP) is 3.69. The van der Waals surface area contributed by atoms with Gasteiger partial charge in [0.2, 0.25) is 5.91 Å². The minimum Gasteiger partial charge on any atom is -0.478 e. The first kappa shape index (κ1) is 21.8. The SMILES string of the molecule is Cc1cccc(C[C@H](O)/C=C/[C@H]2CCC(=O)N2CCc2ccc(C(=O)O)cc2C)c1. The van der Waals surface area contributed by atoms with Crippen molar-refractivity contribution in [2.24, 2.45) is 0 Å². The number of carbonyl (C=O) groups is 2. The quantitative estimate of drug-likeness (QED) is 0.654. The molecule has 2 aromatic rings. The Morgan fingerprint density at radius 3 is 2.73 bits per heavy atom. The average molecular weight is 408 g/mol. The summed E-state index contributed by atoms with van der Waals surface area (Å²) in [5.74, 6) is -0.813. The first-order valence-corrected chi connectivity index (χ1v) is 10.4. The van der Waals surface area contributed by atoms with E-state index in [1.807, 2.05) is 49.1 Å². The predicted molar refractivity (Wildman–Crippen MR) is 117 cm³/mol. The second-order valence-corrected chi connectivity index (χ2v) is 8.03. The number of carboxylic acids is 1. The van der Waals surface area contributed by atoms with Crippen molar-refractivity contribution in [2.75, 3.05) is 6.54 Å². The summed E-state index contributed by atoms with van der Waals surface area (Å²) in [5.41, 5.74) is 4.50. The summed E-state index contributed by atoms with van der Waals surface area (Å²) in [6.45, 7) is 4.51. The van der Waals surface area contributed by atoms with E-state index in [2.05, 4.69) is 6.07 Å². The first-order valence-electron chi connectivity index (χ1n) is 10.4. The molecule has 1 aliphatic heterocycles. The molecule has 0 spiro atoms. The molecule has 1 fully saturated rings. The van der Waals surface area contributed by atoms with E-state index in [1.54, 1.807) is 18.2 Å². The molecular formula is C25H29NO4. The summed E-state index contributed by atoms with van der Waals surface area (Å²) in [4.78, 5) is 25.3. The summed E-state index contributed by atoms with van der Waals surface area (Å²) in [7, 11) is 0. The summed E-state index contributed by atoms with van der Waals surface area (Å²) >= 11 is 0. The molecule has 1 heterocycles. The van der Waals surface area contributed by atoms with Gasteiger partial charge in [-0.05, 0) is 55.5 Å². The van der Waals surface area contributed by atoms with Gasteiger partial charge in [-0.1, -0.05) is 48.0 Å². The van der Waals surface area contributed by atoms with Crippen LogP contribution in [0.15, 0.2) is 54.6 Å². The van der Waals surface area contributed by atoms with E-state index in [4.69, 9.17) is 5.11 Å². The van der Waals surface area contributed by atoms with Gasteiger partial charge in [0.25, 0.3) is 0 Å². The van der Waals surface area contributed by atoms with Crippen LogP contribution >= 0.6 is 0 Å². The van der Waals surface area contributed by atoms with Crippen molar-refractivity contribution in [3.63, 3.8) is 0 Å². The topological polar surface area (TPSA) is 77.8 Å². The van der Waals surface area contributed by atoms with Crippen molar-refractivity contribution in [2.45, 2.75) is 51.7 Å². The largest absolute Gasteiger partial charge is 0.478 e. The number of aromatic carboxylic acids is 1. The lowest BCUT2D eigenvalue weighted by Crippen LogP contribution is -2.34. The van der Waals surface area contributed by atoms with E-state index in [0.717, 1.165) is 23.1 Å². The summed E-state index contributed by atoms with van der Waals surface area (Å²) < 4.78 is 0. The van der Waals surface area contributed by atoms with Gasteiger partial charge in [-0.25, -0.2) is 4.79 Å². The number of hydrogen-bond donors (Lipinski definition) is 2. The van der Waals surface area contributed by atoms with Gasteiger partial charge in [0, 0.05) is 19.4 Å². The standard InChI is InChI=1S/C25H29NO4/c1-17-4-3-5-19(14-17)16-23(27)10-8-22-9-11-24(28)26(22)13-12-20-6-7-21(25(29)30)15-18(20)2/h3-8,10,14-15,22-23,27H,9,11-13,16H2,1-2H3,(H,29,30)/b10-8+/t22-,23+/m0/s1. The maximum atomic E-state index is 12.4. The van der Waals surface area contributed by atoms with Crippen molar-refractivity contribution < 1.29 is 19.8 Å². The van der Waals surface area contributed by atoms with Gasteiger partial charge in [-0.3, -0.25) is 4.79 Å². The molecule has 1 amide bonds. The number of amides is 1. The molecule has 158 valence electrons. The van der Waals surface area contributed by atoms with E-state index < -0.39 is 12.1 Å². The van der Waals surface area contributed by atoms with Gasteiger partial charge in [0.1, 0.15) is 0 Å². The number of nitrogens with zero attached hydrogens (tertiary/aromatic N) is 1. The van der Waals surface area contributed by atoms with Gasteiger partial charge in [0.05, 0.1) is 17.7 Å². The number of hydrogen-bond acceptors (Lipinski definition) is 3. The van der Waals surface area contributed by atoms with Crippen LogP contribution in [0.2, 0.25) is 0 Å². The third-order valence-corrected chi connectivity index (χ3v) is 5.67. The Hall–Kier alpha value is -2.92. The van der Waals surface area contributed by atoms with Gasteiger partial charge in [-0.2, -0.15) is 0 Å². The smallest absolute Gasteiger partial charge is 0.335 e. The third-order valence-electron chi connectivity index (χ3n) is 5.67. The molecule has 2 aromatic carbocycles. The van der Waals surface area contributed by atoms with Gasteiger partial charge >= 0.3 is 5.97 Å². The van der Waals surface area contributed by atoms with E-state index in [-0.39, 0.29) is 17.5 Å². The van der Waals surface area contributed by atoms with Gasteiger partial charge in [-0.15, -0.1) is 0 Å². The number of carboxylic acid groups (broad SMARTS) is 1. The van der Waals surface area contributed by atoms with Crippen LogP contribution in [0.5, 0.6) is 0 Å². The lowest BCUT2D eigenvalue weighted by Gasteiger charge is -2.23. The zero-order valence-corrected chi connectivity index (χ0v) is 17.5. The fraction of sp³-hybridized carbons (Fsp3) is 0.360. The minimum atomic E-state index is -0.936. The highest BCUT2D eigenvalue weighted by atomic mass is 16.4. The fourth-order valence-electron chi connectivity index (χ4n) is 4.00. The molecule has 0 bridgehead atoms. The Balaban J connectivity index is 1.60. The second kappa shape index (κ2) is 9.72. The number of carbonyl (C=O) groups excluding carboxylic acids is 1. The Kier molecular flexibility index (Phi) is 7.06. The monoisotopic (exact) mass is 407 g/mol. The maximum absolute atomic E-state index is 12.4. The lowest BCUT2D eigenvalue weighted by molar-refractivity contribution is -0.128. The van der Waals surface area contributed by atoms with Gasteiger partial charge in [0.15, 0.2) is 0 Å². The molecule has 30 heavy (non-hydrogen) atoms. The molecular weight excluding hydrogens is 378 g/mol. The molecule has 5 heteroatoms. The zero-order valence-electron chi connectivity index (χ0n) is 17.5. The Morgan fingerprint density at radius 1 is 1.23 bits per heavy atom. The number of aryl methyl sites for hydroxylation is 2. The maximum Gasteiger partial charge on any atom is 0.335 e. The zero-order chi connectivity index (χ0) is 21.7. The van der Waals surface area contributed by atoms with Crippen LogP contribution in [0.25, 0.3) is 0 Å². The highest BCUT2D eigenvalue weighted by Crippen LogP contribution is 2.22. The molecule has 3 rings (SSSR count). The second-order valence-electron chi connectivity index (χ2n) is 8.03. The van der Waals surface area contributed by atoms with E-state index >= 15 is 0 Å². The van der Waals surface area contributed by atoms with Crippen LogP contribution in [0.3, 0.4) is 0 Å². The van der Waals surface area contributed by atoms with Crippen molar-refractivity contribution in [3.8, 4) is 0 Å². The third kappa shape index (κ3) is 5.57. The molecule has 1 aliphatic rings. The lowest BCUT2D eigenvalue weighted by atomic mass is 10.0. The normalized spacial score (nSPS) is 17.6. The van der Waals surface area contributed by atoms with Crippen LogP contribution in [0, 0.1) is 13.8 Å². The summed E-state index contributed by atoms with van der Waals surface area (Å²) in [5, 5.41) is 19.5. The molecule has 0 aromatic heterocycles. The van der Waals surface area contributed by atoms with Crippen LogP contribution in [-0.2, 0) is 17.6 Å². The molecule has 2 N–H and O–H groups in total. The first-order chi connectivity index (χ1) is 14.3. The van der Waals surface area contributed by atoms with Gasteiger partial charge < -0.3 is 15.1 Å². The number of aliphatic hydroxyl groups is 1. The summed E-state index contributed by atoms with van der Waals surface area (Å²) in [6, 6.07) is 13.2. The number of rotatable bonds is 8. The highest BCUT2D eigenvalue weighted by molar-refractivity contribution is 5.87. The molecule has 0 unspecified atom stereocenters. The van der Waals surface area contributed by atoms with E-state index in [0.29, 0.717) is 25.8 Å². The number of aliphatic hydroxyl groups excluding tert-OH is 1. The van der Waals surface area contributed by atoms with Crippen molar-refractivity contribution in [1.29, 1.82) is 0 Å². The van der Waals surface area contributed by atoms with Crippen molar-refractivity contribution in [1.82, 2.24) is 4.90 Å². The molecule has 2 atom stereocenters. The minimum absolute atomic E-state index is 0.0109. The highest BCUT2D eigenvalue weighted by Gasteiger charge is 2.28. The molecule has 1 saturated heterocycles. The molecule has 0 saturated carbocycles. The Morgan fingerprint density at radius 2 is 2.03 bits per heavy atom. The van der Waals surface area contributed by atoms with Crippen LogP contribution in [0.1, 0.15) is 45.5 Å². The Labute approximate surface area is 177 Å². The van der Waals surface area contributed by atoms with Crippen LogP contribution in [-0.4, -0.2) is 45.7 Å². The van der Waals surface area contributed by atoms with E-state index in [9.17, 15) is 14.7 Å². The number of benzene rings is 2. The average Bonchev–Trinajstić information content (AvgIpc) is 3.05. The van der Waals surface area contributed by atoms with Crippen LogP contribution in [0.4, 0.5) is 0 Å². The van der Waals surface area contributed by atoms with Crippen molar-refractivity contribution >= 4 is 11.9 Å². The summed E-state index contributed by atoms with van der Waals surface area (Å²) in [6.07, 6.45) is 5.65. The van der Waals surface area contributed by atoms with Crippen molar-refractivity contribution in [3.05, 3.63) is 82.4 Å². The molecule has 5 nitrogen and oxygen atoms in total. The molecule has 0 aliphatic carbocycles. The fourth-order valence-corrected chi connectivity index (χ4v) is 4.00. The van der Waals surface area contributed by atoms with E-state index in [1.165, 1.54) is 5.56 Å². The van der Waals surface area contributed by atoms with Crippen LogP contribution < -0.4 is 0 Å². The Bertz CT molecular complexity index is 950. The molecule has 0 radical (unpaired) electrons. The number of likely N-dealkylation sites (tertiary alicyclic amines) is 1.